The number of carbonyl (C=O) groups is 3. The smallest absolute Gasteiger partial charge is 0.261 e. The van der Waals surface area contributed by atoms with Gasteiger partial charge >= 0.3 is 0 Å². The van der Waals surface area contributed by atoms with Crippen molar-refractivity contribution in [2.75, 3.05) is 11.9 Å². The first kappa shape index (κ1) is 17.8. The summed E-state index contributed by atoms with van der Waals surface area (Å²) in [6.45, 7) is 3.77. The highest BCUT2D eigenvalue weighted by Crippen LogP contribution is 2.24. The average molecular weight is 377 g/mol. The SMILES string of the molecule is Cc1ccc2c(c1)C(=O)N(CCC(=O)Nc1cnc3c(c1)c(C)nn3C)C2=O. The molecule has 0 spiro atoms. The molecule has 0 atom stereocenters. The van der Waals surface area contributed by atoms with Gasteiger partial charge < -0.3 is 5.32 Å². The van der Waals surface area contributed by atoms with Crippen LogP contribution >= 0.6 is 0 Å². The second-order valence-corrected chi connectivity index (χ2v) is 6.91. The van der Waals surface area contributed by atoms with Gasteiger partial charge in [0.25, 0.3) is 11.8 Å². The number of hydrogen-bond donors (Lipinski definition) is 1. The Kier molecular flexibility index (Phi) is 4.18. The molecule has 142 valence electrons. The molecule has 28 heavy (non-hydrogen) atoms. The van der Waals surface area contributed by atoms with Crippen molar-refractivity contribution in [1.29, 1.82) is 0 Å². The lowest BCUT2D eigenvalue weighted by atomic mass is 10.1. The van der Waals surface area contributed by atoms with Gasteiger partial charge in [-0.1, -0.05) is 11.6 Å². The van der Waals surface area contributed by atoms with Gasteiger partial charge in [0.05, 0.1) is 28.7 Å². The van der Waals surface area contributed by atoms with Gasteiger partial charge in [0.1, 0.15) is 0 Å². The van der Waals surface area contributed by atoms with E-state index in [1.165, 1.54) is 0 Å². The number of nitrogens with zero attached hydrogens (tertiary/aromatic N) is 4. The van der Waals surface area contributed by atoms with Crippen LogP contribution in [0.2, 0.25) is 0 Å². The predicted octanol–water partition coefficient (Wildman–Crippen LogP) is 2.21. The summed E-state index contributed by atoms with van der Waals surface area (Å²) in [5.41, 5.74) is 3.80. The maximum Gasteiger partial charge on any atom is 0.261 e. The van der Waals surface area contributed by atoms with Gasteiger partial charge in [0, 0.05) is 25.4 Å². The van der Waals surface area contributed by atoms with Crippen LogP contribution in [0.5, 0.6) is 0 Å². The summed E-state index contributed by atoms with van der Waals surface area (Å²) >= 11 is 0. The quantitative estimate of drug-likeness (QED) is 0.703. The Morgan fingerprint density at radius 3 is 2.64 bits per heavy atom. The van der Waals surface area contributed by atoms with Gasteiger partial charge in [-0.3, -0.25) is 24.0 Å². The van der Waals surface area contributed by atoms with Crippen LogP contribution in [0, 0.1) is 13.8 Å². The molecule has 3 amide bonds. The number of aromatic nitrogens is 3. The monoisotopic (exact) mass is 377 g/mol. The first-order chi connectivity index (χ1) is 13.3. The molecule has 4 rings (SSSR count). The van der Waals surface area contributed by atoms with Crippen LogP contribution in [0.15, 0.2) is 30.5 Å². The molecule has 0 radical (unpaired) electrons. The van der Waals surface area contributed by atoms with E-state index in [0.29, 0.717) is 16.8 Å². The standard InChI is InChI=1S/C20H19N5O3/c1-11-4-5-14-16(8-11)20(28)25(19(14)27)7-6-17(26)22-13-9-15-12(2)23-24(3)18(15)21-10-13/h4-5,8-10H,6-7H2,1-3H3,(H,22,26). The number of imide groups is 1. The minimum absolute atomic E-state index is 0.00844. The van der Waals surface area contributed by atoms with Crippen LogP contribution < -0.4 is 5.32 Å². The molecule has 2 aromatic heterocycles. The van der Waals surface area contributed by atoms with E-state index in [4.69, 9.17) is 0 Å². The molecule has 1 N–H and O–H groups in total. The molecule has 3 heterocycles. The zero-order valence-electron chi connectivity index (χ0n) is 15.8. The largest absolute Gasteiger partial charge is 0.325 e. The molecule has 3 aromatic rings. The second kappa shape index (κ2) is 6.56. The Morgan fingerprint density at radius 2 is 1.86 bits per heavy atom. The number of rotatable bonds is 4. The molecule has 0 unspecified atom stereocenters. The third kappa shape index (κ3) is 2.92. The number of hydrogen-bond acceptors (Lipinski definition) is 5. The van der Waals surface area contributed by atoms with E-state index >= 15 is 0 Å². The van der Waals surface area contributed by atoms with Gasteiger partial charge in [-0.15, -0.1) is 0 Å². The molecular formula is C20H19N5O3. The lowest BCUT2D eigenvalue weighted by Crippen LogP contribution is -2.32. The summed E-state index contributed by atoms with van der Waals surface area (Å²) in [7, 11) is 1.81. The number of nitrogens with one attached hydrogen (secondary N) is 1. The first-order valence-corrected chi connectivity index (χ1v) is 8.91. The Balaban J connectivity index is 1.43. The van der Waals surface area contributed by atoms with Crippen LogP contribution in [0.4, 0.5) is 5.69 Å². The second-order valence-electron chi connectivity index (χ2n) is 6.91. The highest BCUT2D eigenvalue weighted by Gasteiger charge is 2.35. The van der Waals surface area contributed by atoms with Crippen molar-refractivity contribution in [2.45, 2.75) is 20.3 Å². The number of amides is 3. The minimum Gasteiger partial charge on any atom is -0.325 e. The lowest BCUT2D eigenvalue weighted by molar-refractivity contribution is -0.116. The molecule has 0 aliphatic carbocycles. The van der Waals surface area contributed by atoms with Gasteiger partial charge in [0.2, 0.25) is 5.91 Å². The number of anilines is 1. The molecule has 0 saturated carbocycles. The Hall–Kier alpha value is -3.55. The number of fused-ring (bicyclic) bond motifs is 2. The third-order valence-electron chi connectivity index (χ3n) is 4.84. The van der Waals surface area contributed by atoms with Crippen molar-refractivity contribution in [3.63, 3.8) is 0 Å². The summed E-state index contributed by atoms with van der Waals surface area (Å²) in [5, 5.41) is 7.93. The summed E-state index contributed by atoms with van der Waals surface area (Å²) in [5.74, 6) is -1.01. The van der Waals surface area contributed by atoms with E-state index in [2.05, 4.69) is 15.4 Å². The van der Waals surface area contributed by atoms with Gasteiger partial charge in [-0.25, -0.2) is 4.98 Å². The van der Waals surface area contributed by atoms with E-state index in [9.17, 15) is 14.4 Å². The maximum absolute atomic E-state index is 12.5. The lowest BCUT2D eigenvalue weighted by Gasteiger charge is -2.13. The van der Waals surface area contributed by atoms with Crippen molar-refractivity contribution < 1.29 is 14.4 Å². The maximum atomic E-state index is 12.5. The molecule has 8 heteroatoms. The van der Waals surface area contributed by atoms with Crippen LogP contribution in [0.3, 0.4) is 0 Å². The third-order valence-corrected chi connectivity index (χ3v) is 4.84. The van der Waals surface area contributed by atoms with Crippen LogP contribution in [-0.2, 0) is 11.8 Å². The molecular weight excluding hydrogens is 358 g/mol. The molecule has 8 nitrogen and oxygen atoms in total. The van der Waals surface area contributed by atoms with Crippen molar-refractivity contribution in [3.8, 4) is 0 Å². The number of benzene rings is 1. The molecule has 1 aliphatic rings. The minimum atomic E-state index is -0.359. The summed E-state index contributed by atoms with van der Waals surface area (Å²) in [6, 6.07) is 6.96. The fourth-order valence-corrected chi connectivity index (χ4v) is 3.42. The number of carbonyl (C=O) groups excluding carboxylic acids is 3. The predicted molar refractivity (Wildman–Crippen MR) is 103 cm³/mol. The zero-order chi connectivity index (χ0) is 20.0. The number of aryl methyl sites for hydroxylation is 3. The normalized spacial score (nSPS) is 13.3. The average Bonchev–Trinajstić information content (AvgIpc) is 3.07. The first-order valence-electron chi connectivity index (χ1n) is 8.91. The highest BCUT2D eigenvalue weighted by molar-refractivity contribution is 6.21. The van der Waals surface area contributed by atoms with Crippen molar-refractivity contribution in [3.05, 3.63) is 52.8 Å². The van der Waals surface area contributed by atoms with Crippen molar-refractivity contribution >= 4 is 34.4 Å². The fraction of sp³-hybridized carbons (Fsp3) is 0.250. The Labute approximate surface area is 161 Å². The Morgan fingerprint density at radius 1 is 1.11 bits per heavy atom. The van der Waals surface area contributed by atoms with E-state index in [1.807, 2.05) is 27.0 Å². The molecule has 1 aromatic carbocycles. The van der Waals surface area contributed by atoms with Gasteiger partial charge in [-0.05, 0) is 32.0 Å². The summed E-state index contributed by atoms with van der Waals surface area (Å²) in [4.78, 5) is 42.7. The van der Waals surface area contributed by atoms with Gasteiger partial charge in [-0.2, -0.15) is 5.10 Å². The fourth-order valence-electron chi connectivity index (χ4n) is 3.42. The summed E-state index contributed by atoms with van der Waals surface area (Å²) < 4.78 is 1.68. The van der Waals surface area contributed by atoms with E-state index in [0.717, 1.165) is 27.2 Å². The molecule has 1 aliphatic heterocycles. The van der Waals surface area contributed by atoms with Crippen LogP contribution in [0.25, 0.3) is 11.0 Å². The topological polar surface area (TPSA) is 97.2 Å². The Bertz CT molecular complexity index is 1150. The highest BCUT2D eigenvalue weighted by atomic mass is 16.2. The molecule has 0 fully saturated rings. The number of pyridine rings is 1. The van der Waals surface area contributed by atoms with Crippen molar-refractivity contribution in [1.82, 2.24) is 19.7 Å². The van der Waals surface area contributed by atoms with E-state index in [1.54, 1.807) is 29.1 Å². The van der Waals surface area contributed by atoms with E-state index in [-0.39, 0.29) is 30.7 Å². The van der Waals surface area contributed by atoms with Crippen molar-refractivity contribution in [2.24, 2.45) is 7.05 Å². The molecule has 0 bridgehead atoms. The zero-order valence-corrected chi connectivity index (χ0v) is 15.8. The van der Waals surface area contributed by atoms with Crippen LogP contribution in [0.1, 0.15) is 38.4 Å². The molecule has 0 saturated heterocycles. The van der Waals surface area contributed by atoms with Crippen LogP contribution in [-0.4, -0.2) is 43.9 Å². The van der Waals surface area contributed by atoms with Gasteiger partial charge in [0.15, 0.2) is 5.65 Å². The summed E-state index contributed by atoms with van der Waals surface area (Å²) in [6.07, 6.45) is 1.57. The van der Waals surface area contributed by atoms with E-state index < -0.39 is 0 Å².